The highest BCUT2D eigenvalue weighted by atomic mass is 32.2. The molecule has 0 aliphatic rings. The molecule has 0 fully saturated rings. The Bertz CT molecular complexity index is 823. The van der Waals surface area contributed by atoms with Gasteiger partial charge in [-0.3, -0.25) is 4.98 Å². The second-order valence-corrected chi connectivity index (χ2v) is 6.48. The van der Waals surface area contributed by atoms with E-state index in [9.17, 15) is 5.11 Å². The van der Waals surface area contributed by atoms with Gasteiger partial charge in [0.05, 0.1) is 7.11 Å². The lowest BCUT2D eigenvalue weighted by atomic mass is 10.3. The molecule has 26 heavy (non-hydrogen) atoms. The van der Waals surface area contributed by atoms with E-state index in [0.29, 0.717) is 5.75 Å². The van der Waals surface area contributed by atoms with Crippen molar-refractivity contribution in [3.8, 4) is 17.1 Å². The molecule has 3 aromatic rings. The van der Waals surface area contributed by atoms with Crippen molar-refractivity contribution in [1.82, 2.24) is 19.7 Å². The fraction of sp³-hybridized carbons (Fsp3) is 0.278. The number of pyridine rings is 1. The standard InChI is InChI=1S/C18H21N5O2S/c1-3-23-17(13-5-4-10-19-11-13)21-22-18(23)26-12-16(24)20-14-6-8-15(25-2)9-7-14/h4-11,16,20,24H,3,12H2,1-2H3. The van der Waals surface area contributed by atoms with Crippen LogP contribution in [0.25, 0.3) is 11.4 Å². The van der Waals surface area contributed by atoms with Crippen molar-refractivity contribution in [1.29, 1.82) is 0 Å². The fourth-order valence-electron chi connectivity index (χ4n) is 2.46. The summed E-state index contributed by atoms with van der Waals surface area (Å²) in [5.41, 5.74) is 1.75. The smallest absolute Gasteiger partial charge is 0.191 e. The number of aromatic nitrogens is 4. The third kappa shape index (κ3) is 4.33. The largest absolute Gasteiger partial charge is 0.497 e. The topological polar surface area (TPSA) is 85.1 Å². The molecule has 0 saturated heterocycles. The highest BCUT2D eigenvalue weighted by Crippen LogP contribution is 2.24. The van der Waals surface area contributed by atoms with Crippen molar-refractivity contribution in [3.63, 3.8) is 0 Å². The number of nitrogens with one attached hydrogen (secondary N) is 1. The molecule has 0 aliphatic carbocycles. The number of thioether (sulfide) groups is 1. The van der Waals surface area contributed by atoms with E-state index in [4.69, 9.17) is 4.74 Å². The van der Waals surface area contributed by atoms with E-state index in [0.717, 1.165) is 34.5 Å². The molecule has 7 nitrogen and oxygen atoms in total. The average molecular weight is 371 g/mol. The maximum absolute atomic E-state index is 10.2. The van der Waals surface area contributed by atoms with Gasteiger partial charge in [0.2, 0.25) is 0 Å². The molecule has 0 aliphatic heterocycles. The molecule has 2 N–H and O–H groups in total. The quantitative estimate of drug-likeness (QED) is 0.465. The number of anilines is 1. The number of aliphatic hydroxyl groups excluding tert-OH is 1. The van der Waals surface area contributed by atoms with Gasteiger partial charge in [0, 0.05) is 35.9 Å². The Kier molecular flexibility index (Phi) is 6.08. The average Bonchev–Trinajstić information content (AvgIpc) is 3.10. The molecule has 0 bridgehead atoms. The van der Waals surface area contributed by atoms with Gasteiger partial charge >= 0.3 is 0 Å². The molecule has 1 aromatic carbocycles. The van der Waals surface area contributed by atoms with Gasteiger partial charge in [-0.05, 0) is 43.3 Å². The lowest BCUT2D eigenvalue weighted by Crippen LogP contribution is -2.21. The predicted octanol–water partition coefficient (Wildman–Crippen LogP) is 2.89. The van der Waals surface area contributed by atoms with Crippen LogP contribution in [0.4, 0.5) is 5.69 Å². The Labute approximate surface area is 156 Å². The minimum atomic E-state index is -0.711. The van der Waals surface area contributed by atoms with Crippen molar-refractivity contribution in [3.05, 3.63) is 48.8 Å². The molecule has 0 radical (unpaired) electrons. The Morgan fingerprint density at radius 3 is 2.69 bits per heavy atom. The van der Waals surface area contributed by atoms with Gasteiger partial charge in [-0.15, -0.1) is 10.2 Å². The van der Waals surface area contributed by atoms with Gasteiger partial charge in [-0.2, -0.15) is 0 Å². The molecule has 0 spiro atoms. The Balaban J connectivity index is 1.63. The van der Waals surface area contributed by atoms with E-state index < -0.39 is 6.23 Å². The minimum absolute atomic E-state index is 0.442. The van der Waals surface area contributed by atoms with Crippen molar-refractivity contribution in [2.75, 3.05) is 18.2 Å². The van der Waals surface area contributed by atoms with E-state index in [-0.39, 0.29) is 0 Å². The van der Waals surface area contributed by atoms with Crippen molar-refractivity contribution in [2.45, 2.75) is 24.9 Å². The number of hydrogen-bond acceptors (Lipinski definition) is 7. The van der Waals surface area contributed by atoms with Gasteiger partial charge < -0.3 is 19.7 Å². The normalized spacial score (nSPS) is 12.0. The molecule has 136 valence electrons. The molecule has 0 amide bonds. The van der Waals surface area contributed by atoms with Crippen LogP contribution < -0.4 is 10.1 Å². The van der Waals surface area contributed by atoms with Gasteiger partial charge in [0.1, 0.15) is 12.0 Å². The second-order valence-electron chi connectivity index (χ2n) is 5.49. The zero-order chi connectivity index (χ0) is 18.4. The van der Waals surface area contributed by atoms with Crippen LogP contribution in [-0.2, 0) is 6.54 Å². The highest BCUT2D eigenvalue weighted by Gasteiger charge is 2.15. The number of rotatable bonds is 8. The zero-order valence-electron chi connectivity index (χ0n) is 14.7. The van der Waals surface area contributed by atoms with Gasteiger partial charge in [-0.1, -0.05) is 11.8 Å². The van der Waals surface area contributed by atoms with Crippen LogP contribution in [-0.4, -0.2) is 43.9 Å². The summed E-state index contributed by atoms with van der Waals surface area (Å²) in [6.07, 6.45) is 2.79. The molecule has 0 saturated carbocycles. The summed E-state index contributed by atoms with van der Waals surface area (Å²) >= 11 is 1.45. The van der Waals surface area contributed by atoms with Crippen LogP contribution in [0.5, 0.6) is 5.75 Å². The van der Waals surface area contributed by atoms with E-state index >= 15 is 0 Å². The first-order valence-corrected chi connectivity index (χ1v) is 9.25. The van der Waals surface area contributed by atoms with Crippen LogP contribution in [0.3, 0.4) is 0 Å². The first-order chi connectivity index (χ1) is 12.7. The maximum Gasteiger partial charge on any atom is 0.191 e. The molecule has 2 heterocycles. The molecular formula is C18H21N5O2S. The van der Waals surface area contributed by atoms with E-state index in [2.05, 4.69) is 20.5 Å². The highest BCUT2D eigenvalue weighted by molar-refractivity contribution is 7.99. The first-order valence-electron chi connectivity index (χ1n) is 8.26. The summed E-state index contributed by atoms with van der Waals surface area (Å²) in [6, 6.07) is 11.2. The summed E-state index contributed by atoms with van der Waals surface area (Å²) in [5.74, 6) is 2.00. The number of methoxy groups -OCH3 is 1. The number of nitrogens with zero attached hydrogens (tertiary/aromatic N) is 4. The molecule has 2 aromatic heterocycles. The zero-order valence-corrected chi connectivity index (χ0v) is 15.5. The summed E-state index contributed by atoms with van der Waals surface area (Å²) < 4.78 is 7.14. The Morgan fingerprint density at radius 1 is 1.23 bits per heavy atom. The Morgan fingerprint density at radius 2 is 2.04 bits per heavy atom. The predicted molar refractivity (Wildman–Crippen MR) is 102 cm³/mol. The van der Waals surface area contributed by atoms with Gasteiger partial charge in [-0.25, -0.2) is 0 Å². The lowest BCUT2D eigenvalue weighted by Gasteiger charge is -2.14. The summed E-state index contributed by atoms with van der Waals surface area (Å²) in [7, 11) is 1.62. The summed E-state index contributed by atoms with van der Waals surface area (Å²) in [6.45, 7) is 2.78. The third-order valence-corrected chi connectivity index (χ3v) is 4.79. The molecule has 1 unspecified atom stereocenters. The van der Waals surface area contributed by atoms with Crippen molar-refractivity contribution >= 4 is 17.4 Å². The second kappa shape index (κ2) is 8.68. The fourth-order valence-corrected chi connectivity index (χ4v) is 3.32. The molecular weight excluding hydrogens is 350 g/mol. The lowest BCUT2D eigenvalue weighted by molar-refractivity contribution is 0.229. The number of hydrogen-bond donors (Lipinski definition) is 2. The minimum Gasteiger partial charge on any atom is -0.497 e. The van der Waals surface area contributed by atoms with E-state index in [1.807, 2.05) is 47.9 Å². The molecule has 3 rings (SSSR count). The van der Waals surface area contributed by atoms with Gasteiger partial charge in [0.15, 0.2) is 11.0 Å². The van der Waals surface area contributed by atoms with Crippen LogP contribution in [0.2, 0.25) is 0 Å². The van der Waals surface area contributed by atoms with Crippen LogP contribution in [0, 0.1) is 0 Å². The van der Waals surface area contributed by atoms with Crippen LogP contribution in [0.1, 0.15) is 6.92 Å². The third-order valence-electron chi connectivity index (χ3n) is 3.75. The number of aliphatic hydroxyl groups is 1. The SMILES string of the molecule is CCn1c(SCC(O)Nc2ccc(OC)cc2)nnc1-c1cccnc1. The molecule has 1 atom stereocenters. The maximum atomic E-state index is 10.2. The van der Waals surface area contributed by atoms with E-state index in [1.54, 1.807) is 19.5 Å². The first kappa shape index (κ1) is 18.2. The Hall–Kier alpha value is -2.58. The molecule has 8 heteroatoms. The van der Waals surface area contributed by atoms with Crippen LogP contribution in [0.15, 0.2) is 53.9 Å². The summed E-state index contributed by atoms with van der Waals surface area (Å²) in [5, 5.41) is 22.6. The number of benzene rings is 1. The van der Waals surface area contributed by atoms with Crippen LogP contribution >= 0.6 is 11.8 Å². The van der Waals surface area contributed by atoms with E-state index in [1.165, 1.54) is 11.8 Å². The summed E-state index contributed by atoms with van der Waals surface area (Å²) in [4.78, 5) is 4.13. The van der Waals surface area contributed by atoms with Crippen molar-refractivity contribution in [2.24, 2.45) is 0 Å². The van der Waals surface area contributed by atoms with Crippen molar-refractivity contribution < 1.29 is 9.84 Å². The monoisotopic (exact) mass is 371 g/mol. The number of ether oxygens (including phenoxy) is 1. The van der Waals surface area contributed by atoms with Gasteiger partial charge in [0.25, 0.3) is 0 Å².